The first-order valence-corrected chi connectivity index (χ1v) is 8.16. The van der Waals surface area contributed by atoms with Gasteiger partial charge in [-0.1, -0.05) is 41.5 Å². The molecule has 0 aromatic rings. The van der Waals surface area contributed by atoms with Crippen LogP contribution in [0.4, 0.5) is 0 Å². The van der Waals surface area contributed by atoms with E-state index in [9.17, 15) is 0 Å². The fourth-order valence-corrected chi connectivity index (χ4v) is 1.54. The van der Waals surface area contributed by atoms with Gasteiger partial charge in [0.25, 0.3) is 0 Å². The van der Waals surface area contributed by atoms with E-state index in [2.05, 4.69) is 13.8 Å². The molecular weight excluding hydrogens is 268 g/mol. The molecule has 0 unspecified atom stereocenters. The molecular formula is C17H36O4. The quantitative estimate of drug-likeness (QED) is 0.313. The molecule has 0 aromatic carbocycles. The monoisotopic (exact) mass is 304 g/mol. The van der Waals surface area contributed by atoms with Crippen LogP contribution in [-0.4, -0.2) is 17.0 Å². The van der Waals surface area contributed by atoms with E-state index in [0.29, 0.717) is 0 Å². The molecule has 0 spiro atoms. The van der Waals surface area contributed by atoms with Crippen LogP contribution in [-0.2, 0) is 19.6 Å². The predicted molar refractivity (Wildman–Crippen MR) is 85.5 cm³/mol. The van der Waals surface area contributed by atoms with Gasteiger partial charge in [-0.25, -0.2) is 9.78 Å². The maximum Gasteiger partial charge on any atom is 0.238 e. The van der Waals surface area contributed by atoms with Gasteiger partial charge in [0.2, 0.25) is 5.79 Å². The first kappa shape index (κ1) is 20.8. The van der Waals surface area contributed by atoms with Crippen molar-refractivity contribution in [2.24, 2.45) is 11.8 Å². The molecule has 0 rings (SSSR count). The molecule has 0 aliphatic heterocycles. The van der Waals surface area contributed by atoms with E-state index >= 15 is 0 Å². The lowest BCUT2D eigenvalue weighted by atomic mass is 9.92. The Morgan fingerprint density at radius 1 is 0.619 bits per heavy atom. The van der Waals surface area contributed by atoms with E-state index in [1.54, 1.807) is 0 Å². The Morgan fingerprint density at radius 2 is 0.905 bits per heavy atom. The molecule has 128 valence electrons. The molecule has 0 radical (unpaired) electrons. The Kier molecular flexibility index (Phi) is 7.85. The summed E-state index contributed by atoms with van der Waals surface area (Å²) in [6.45, 7) is 20.3. The first-order chi connectivity index (χ1) is 9.42. The van der Waals surface area contributed by atoms with Crippen molar-refractivity contribution in [3.05, 3.63) is 0 Å². The highest BCUT2D eigenvalue weighted by Crippen LogP contribution is 2.36. The molecule has 0 saturated heterocycles. The summed E-state index contributed by atoms with van der Waals surface area (Å²) in [4.78, 5) is 22.9. The van der Waals surface area contributed by atoms with Gasteiger partial charge in [-0.3, -0.25) is 0 Å². The van der Waals surface area contributed by atoms with Crippen LogP contribution in [0.25, 0.3) is 0 Å². The van der Waals surface area contributed by atoms with E-state index in [1.165, 1.54) is 0 Å². The molecule has 0 fully saturated rings. The van der Waals surface area contributed by atoms with Crippen molar-refractivity contribution in [3.63, 3.8) is 0 Å². The molecule has 0 atom stereocenters. The van der Waals surface area contributed by atoms with Crippen LogP contribution in [0.3, 0.4) is 0 Å². The lowest BCUT2D eigenvalue weighted by Gasteiger charge is -2.41. The molecule has 4 heteroatoms. The number of hydrogen-bond donors (Lipinski definition) is 0. The van der Waals surface area contributed by atoms with Crippen molar-refractivity contribution in [1.82, 2.24) is 0 Å². The largest absolute Gasteiger partial charge is 0.238 e. The van der Waals surface area contributed by atoms with Crippen LogP contribution in [0.15, 0.2) is 0 Å². The molecule has 21 heavy (non-hydrogen) atoms. The van der Waals surface area contributed by atoms with Gasteiger partial charge in [0.15, 0.2) is 0 Å². The van der Waals surface area contributed by atoms with Gasteiger partial charge in [-0.05, 0) is 40.5 Å². The third-order valence-corrected chi connectivity index (χ3v) is 4.11. The minimum absolute atomic E-state index is 0.0813. The first-order valence-electron chi connectivity index (χ1n) is 8.16. The lowest BCUT2D eigenvalue weighted by Crippen LogP contribution is -2.49. The van der Waals surface area contributed by atoms with Crippen molar-refractivity contribution in [1.29, 1.82) is 0 Å². The average molecular weight is 304 g/mol. The second-order valence-electron chi connectivity index (χ2n) is 7.59. The van der Waals surface area contributed by atoms with E-state index in [0.717, 1.165) is 12.8 Å². The molecule has 0 aliphatic carbocycles. The fourth-order valence-electron chi connectivity index (χ4n) is 1.54. The number of hydrogen-bond acceptors (Lipinski definition) is 4. The summed E-state index contributed by atoms with van der Waals surface area (Å²) in [5, 5.41) is 0. The topological polar surface area (TPSA) is 36.9 Å². The van der Waals surface area contributed by atoms with Gasteiger partial charge >= 0.3 is 0 Å². The summed E-state index contributed by atoms with van der Waals surface area (Å²) in [5.41, 5.74) is -0.725. The van der Waals surface area contributed by atoms with Crippen molar-refractivity contribution in [2.45, 2.75) is 99.1 Å². The van der Waals surface area contributed by atoms with Gasteiger partial charge in [0.05, 0.1) is 11.2 Å². The van der Waals surface area contributed by atoms with Gasteiger partial charge in [0, 0.05) is 11.8 Å². The smallest absolute Gasteiger partial charge is 0.228 e. The predicted octanol–water partition coefficient (Wildman–Crippen LogP) is 5.27. The summed E-state index contributed by atoms with van der Waals surface area (Å²) >= 11 is 0. The zero-order valence-electron chi connectivity index (χ0n) is 15.7. The molecule has 0 N–H and O–H groups in total. The fraction of sp³-hybridized carbons (Fsp3) is 1.00. The molecule has 0 aromatic heterocycles. The maximum absolute atomic E-state index is 5.80. The summed E-state index contributed by atoms with van der Waals surface area (Å²) in [6.07, 6.45) is 1.70. The molecule has 0 heterocycles. The molecule has 0 saturated carbocycles. The highest BCUT2D eigenvalue weighted by molar-refractivity contribution is 4.77. The van der Waals surface area contributed by atoms with Crippen LogP contribution < -0.4 is 0 Å². The minimum Gasteiger partial charge on any atom is -0.228 e. The van der Waals surface area contributed by atoms with Crippen LogP contribution in [0.1, 0.15) is 82.1 Å². The Balaban J connectivity index is 5.10. The molecule has 0 aliphatic rings. The molecule has 4 nitrogen and oxygen atoms in total. The summed E-state index contributed by atoms with van der Waals surface area (Å²) in [5.74, 6) is -0.769. The van der Waals surface area contributed by atoms with E-state index in [4.69, 9.17) is 19.6 Å². The van der Waals surface area contributed by atoms with Gasteiger partial charge in [-0.2, -0.15) is 9.78 Å². The summed E-state index contributed by atoms with van der Waals surface area (Å²) in [6, 6.07) is 0. The van der Waals surface area contributed by atoms with E-state index in [-0.39, 0.29) is 23.0 Å². The lowest BCUT2D eigenvalue weighted by molar-refractivity contribution is -0.561. The SMILES string of the molecule is CCC(C)(C)OOC(OOC(C)(C)CC)(C(C)C)C(C)C. The Labute approximate surface area is 131 Å². The van der Waals surface area contributed by atoms with Crippen LogP contribution in [0.5, 0.6) is 0 Å². The van der Waals surface area contributed by atoms with Gasteiger partial charge in [-0.15, -0.1) is 0 Å². The van der Waals surface area contributed by atoms with Gasteiger partial charge in [0.1, 0.15) is 0 Å². The molecule has 0 bridgehead atoms. The van der Waals surface area contributed by atoms with Crippen LogP contribution in [0, 0.1) is 11.8 Å². The third kappa shape index (κ3) is 6.23. The highest BCUT2D eigenvalue weighted by Gasteiger charge is 2.45. The Bertz CT molecular complexity index is 265. The second kappa shape index (κ2) is 7.91. The van der Waals surface area contributed by atoms with Crippen molar-refractivity contribution in [2.75, 3.05) is 0 Å². The zero-order chi connectivity index (χ0) is 16.9. The van der Waals surface area contributed by atoms with Crippen molar-refractivity contribution >= 4 is 0 Å². The average Bonchev–Trinajstić information content (AvgIpc) is 2.38. The zero-order valence-corrected chi connectivity index (χ0v) is 15.7. The Hall–Kier alpha value is -0.160. The molecule has 0 amide bonds. The number of rotatable bonds is 10. The van der Waals surface area contributed by atoms with Crippen molar-refractivity contribution < 1.29 is 19.6 Å². The summed E-state index contributed by atoms with van der Waals surface area (Å²) in [7, 11) is 0. The summed E-state index contributed by atoms with van der Waals surface area (Å²) < 4.78 is 0. The van der Waals surface area contributed by atoms with Crippen molar-refractivity contribution in [3.8, 4) is 0 Å². The third-order valence-electron chi connectivity index (χ3n) is 4.11. The second-order valence-corrected chi connectivity index (χ2v) is 7.59. The highest BCUT2D eigenvalue weighted by atomic mass is 17.3. The Morgan fingerprint density at radius 3 is 1.10 bits per heavy atom. The van der Waals surface area contributed by atoms with Crippen LogP contribution >= 0.6 is 0 Å². The standard InChI is InChI=1S/C17H36O4/c1-11-15(7,8)18-20-17(13(3)4,14(5)6)21-19-16(9,10)12-2/h13-14H,11-12H2,1-10H3. The van der Waals surface area contributed by atoms with E-state index in [1.807, 2.05) is 55.4 Å². The van der Waals surface area contributed by atoms with Crippen LogP contribution in [0.2, 0.25) is 0 Å². The maximum atomic E-state index is 5.80. The normalized spacial score (nSPS) is 14.3. The van der Waals surface area contributed by atoms with Gasteiger partial charge < -0.3 is 0 Å². The minimum atomic E-state index is -0.932. The van der Waals surface area contributed by atoms with E-state index < -0.39 is 5.79 Å².